The van der Waals surface area contributed by atoms with Gasteiger partial charge in [0.05, 0.1) is 18.2 Å². The fourth-order valence-corrected chi connectivity index (χ4v) is 4.76. The third-order valence-electron chi connectivity index (χ3n) is 6.45. The molecule has 2 heterocycles. The van der Waals surface area contributed by atoms with E-state index in [4.69, 9.17) is 9.47 Å². The number of phenols is 1. The number of likely N-dealkylation sites (tertiary alicyclic amines) is 1. The molecule has 4 rings (SSSR count). The Morgan fingerprint density at radius 1 is 1.14 bits per heavy atom. The highest BCUT2D eigenvalue weighted by atomic mass is 16.6. The molecule has 1 aromatic heterocycles. The van der Waals surface area contributed by atoms with Crippen LogP contribution >= 0.6 is 0 Å². The van der Waals surface area contributed by atoms with Crippen molar-refractivity contribution in [1.82, 2.24) is 9.47 Å². The summed E-state index contributed by atoms with van der Waals surface area (Å²) in [5.41, 5.74) is 2.83. The zero-order chi connectivity index (χ0) is 26.2. The lowest BCUT2D eigenvalue weighted by Gasteiger charge is -2.35. The van der Waals surface area contributed by atoms with Gasteiger partial charge in [0.2, 0.25) is 0 Å². The van der Waals surface area contributed by atoms with Gasteiger partial charge >= 0.3 is 12.1 Å². The lowest BCUT2D eigenvalue weighted by atomic mass is 9.92. The molecule has 3 aromatic rings. The number of phenolic OH excluding ortho intramolecular Hbond substituents is 1. The van der Waals surface area contributed by atoms with Crippen LogP contribution in [0.4, 0.5) is 4.79 Å². The van der Waals surface area contributed by atoms with Gasteiger partial charge in [0.15, 0.2) is 0 Å². The van der Waals surface area contributed by atoms with Crippen molar-refractivity contribution >= 4 is 28.7 Å². The number of benzene rings is 2. The minimum absolute atomic E-state index is 0.138. The second kappa shape index (κ2) is 9.78. The molecule has 0 radical (unpaired) electrons. The van der Waals surface area contributed by atoms with Crippen molar-refractivity contribution in [3.63, 3.8) is 0 Å². The van der Waals surface area contributed by atoms with Gasteiger partial charge in [0, 0.05) is 49.1 Å². The third-order valence-corrected chi connectivity index (χ3v) is 6.45. The first-order chi connectivity index (χ1) is 17.0. The van der Waals surface area contributed by atoms with E-state index in [-0.39, 0.29) is 17.6 Å². The van der Waals surface area contributed by atoms with Crippen molar-refractivity contribution in [3.05, 3.63) is 64.8 Å². The molecular formula is C28H32N2O6. The normalized spacial score (nSPS) is 16.8. The number of aryl methyl sites for hydroxylation is 1. The molecule has 0 spiro atoms. The van der Waals surface area contributed by atoms with Crippen molar-refractivity contribution in [2.45, 2.75) is 58.7 Å². The van der Waals surface area contributed by atoms with Crippen LogP contribution in [0.25, 0.3) is 10.9 Å². The van der Waals surface area contributed by atoms with Gasteiger partial charge in [-0.15, -0.1) is 0 Å². The lowest BCUT2D eigenvalue weighted by molar-refractivity contribution is -0.123. The smallest absolute Gasteiger partial charge is 0.419 e. The first kappa shape index (κ1) is 25.4. The predicted molar refractivity (Wildman–Crippen MR) is 135 cm³/mol. The van der Waals surface area contributed by atoms with Gasteiger partial charge in [-0.2, -0.15) is 0 Å². The van der Waals surface area contributed by atoms with E-state index >= 15 is 0 Å². The molecule has 0 aliphatic carbocycles. The molecule has 8 nitrogen and oxygen atoms in total. The average molecular weight is 493 g/mol. The largest absolute Gasteiger partial charge is 0.508 e. The predicted octanol–water partition coefficient (Wildman–Crippen LogP) is 5.13. The number of esters is 1. The molecule has 1 saturated heterocycles. The number of hydrogen-bond donors (Lipinski definition) is 1. The van der Waals surface area contributed by atoms with Gasteiger partial charge in [-0.1, -0.05) is 12.1 Å². The summed E-state index contributed by atoms with van der Waals surface area (Å²) >= 11 is 0. The van der Waals surface area contributed by atoms with Gasteiger partial charge in [-0.3, -0.25) is 14.3 Å². The van der Waals surface area contributed by atoms with E-state index in [2.05, 4.69) is 4.90 Å². The Balaban J connectivity index is 1.69. The number of carbonyl (C=O) groups excluding carboxylic acids is 3. The molecule has 0 saturated carbocycles. The Hall–Kier alpha value is -3.65. The van der Waals surface area contributed by atoms with Crippen molar-refractivity contribution < 1.29 is 29.0 Å². The second-order valence-corrected chi connectivity index (χ2v) is 10.2. The highest BCUT2D eigenvalue weighted by Crippen LogP contribution is 2.37. The van der Waals surface area contributed by atoms with Crippen molar-refractivity contribution in [2.24, 2.45) is 0 Å². The monoisotopic (exact) mass is 492 g/mol. The molecule has 1 atom stereocenters. The quantitative estimate of drug-likeness (QED) is 0.504. The average Bonchev–Trinajstić information content (AvgIpc) is 3.27. The molecule has 0 bridgehead atoms. The molecule has 2 aromatic carbocycles. The summed E-state index contributed by atoms with van der Waals surface area (Å²) in [4.78, 5) is 39.2. The number of methoxy groups -OCH3 is 1. The maximum absolute atomic E-state index is 12.8. The first-order valence-corrected chi connectivity index (χ1v) is 12.0. The fraction of sp³-hybridized carbons (Fsp3) is 0.393. The van der Waals surface area contributed by atoms with E-state index in [0.29, 0.717) is 42.6 Å². The van der Waals surface area contributed by atoms with Crippen LogP contribution in [-0.4, -0.2) is 51.7 Å². The van der Waals surface area contributed by atoms with Crippen LogP contribution in [0.2, 0.25) is 0 Å². The van der Waals surface area contributed by atoms with Crippen molar-refractivity contribution in [1.29, 1.82) is 0 Å². The van der Waals surface area contributed by atoms with Gasteiger partial charge < -0.3 is 14.6 Å². The maximum atomic E-state index is 12.8. The number of ketones is 1. The number of nitrogens with zero attached hydrogens (tertiary/aromatic N) is 2. The number of ether oxygens (including phenoxy) is 2. The highest BCUT2D eigenvalue weighted by molar-refractivity contribution is 5.95. The Labute approximate surface area is 210 Å². The summed E-state index contributed by atoms with van der Waals surface area (Å²) in [6.07, 6.45) is 1.94. The van der Waals surface area contributed by atoms with Gasteiger partial charge in [-0.25, -0.2) is 9.59 Å². The Morgan fingerprint density at radius 3 is 2.47 bits per heavy atom. The molecule has 1 aliphatic rings. The van der Waals surface area contributed by atoms with Crippen LogP contribution in [0.15, 0.2) is 42.6 Å². The Morgan fingerprint density at radius 2 is 1.83 bits per heavy atom. The molecule has 0 amide bonds. The number of fused-ring (bicyclic) bond motifs is 1. The van der Waals surface area contributed by atoms with E-state index in [1.165, 1.54) is 11.7 Å². The van der Waals surface area contributed by atoms with Crippen molar-refractivity contribution in [2.75, 3.05) is 13.7 Å². The van der Waals surface area contributed by atoms with Gasteiger partial charge in [0.25, 0.3) is 0 Å². The number of piperidine rings is 1. The number of Topliss-reactive ketones (excluding diaryl/α,β-unsaturated/α-hetero) is 1. The number of rotatable bonds is 4. The van der Waals surface area contributed by atoms with E-state index in [9.17, 15) is 19.5 Å². The molecule has 1 aliphatic heterocycles. The van der Waals surface area contributed by atoms with Crippen LogP contribution in [0.1, 0.15) is 66.7 Å². The van der Waals surface area contributed by atoms with E-state index in [1.54, 1.807) is 24.4 Å². The maximum Gasteiger partial charge on any atom is 0.419 e. The standard InChI is InChI=1S/C28H32N2O6/c1-17-14-24(32)22(21-11-13-30(25(17)21)27(34)36-28(2,3)4)16-29-12-10-20(31)15-23(29)18-6-8-19(9-7-18)26(33)35-5/h6-9,11,13-14,23,32H,10,12,15-16H2,1-5H3/t23-/m0/s1. The molecule has 0 unspecified atom stereocenters. The van der Waals surface area contributed by atoms with Gasteiger partial charge in [0.1, 0.15) is 17.1 Å². The molecule has 1 N–H and O–H groups in total. The van der Waals surface area contributed by atoms with Crippen LogP contribution in [-0.2, 0) is 20.8 Å². The first-order valence-electron chi connectivity index (χ1n) is 12.0. The number of hydrogen-bond acceptors (Lipinski definition) is 7. The highest BCUT2D eigenvalue weighted by Gasteiger charge is 2.30. The summed E-state index contributed by atoms with van der Waals surface area (Å²) in [5, 5.41) is 11.7. The Kier molecular flexibility index (Phi) is 6.91. The van der Waals surface area contributed by atoms with E-state index in [1.807, 2.05) is 45.9 Å². The minimum Gasteiger partial charge on any atom is -0.508 e. The van der Waals surface area contributed by atoms with Crippen molar-refractivity contribution in [3.8, 4) is 5.75 Å². The second-order valence-electron chi connectivity index (χ2n) is 10.2. The summed E-state index contributed by atoms with van der Waals surface area (Å²) in [5.74, 6) is -0.110. The SMILES string of the molecule is COC(=O)c1ccc([C@@H]2CC(=O)CCN2Cc2c(O)cc(C)c3c2ccn3C(=O)OC(C)(C)C)cc1. The third kappa shape index (κ3) is 5.14. The summed E-state index contributed by atoms with van der Waals surface area (Å²) in [7, 11) is 1.34. The minimum atomic E-state index is -0.641. The van der Waals surface area contributed by atoms with Crippen LogP contribution in [0, 0.1) is 6.92 Å². The molecule has 8 heteroatoms. The Bertz CT molecular complexity index is 1320. The molecule has 190 valence electrons. The summed E-state index contributed by atoms with van der Waals surface area (Å²) in [6, 6.07) is 10.3. The summed E-state index contributed by atoms with van der Waals surface area (Å²) in [6.45, 7) is 8.21. The molecule has 36 heavy (non-hydrogen) atoms. The summed E-state index contributed by atoms with van der Waals surface area (Å²) < 4.78 is 11.8. The fourth-order valence-electron chi connectivity index (χ4n) is 4.76. The lowest BCUT2D eigenvalue weighted by Crippen LogP contribution is -2.36. The van der Waals surface area contributed by atoms with E-state index in [0.717, 1.165) is 16.5 Å². The number of carbonyl (C=O) groups is 3. The van der Waals surface area contributed by atoms with E-state index < -0.39 is 17.7 Å². The molecule has 1 fully saturated rings. The number of aromatic nitrogens is 1. The van der Waals surface area contributed by atoms with Crippen LogP contribution < -0.4 is 0 Å². The number of aromatic hydroxyl groups is 1. The van der Waals surface area contributed by atoms with Crippen LogP contribution in [0.3, 0.4) is 0 Å². The van der Waals surface area contributed by atoms with Gasteiger partial charge in [-0.05, 0) is 63.1 Å². The topological polar surface area (TPSA) is 98.1 Å². The van der Waals surface area contributed by atoms with Crippen LogP contribution in [0.5, 0.6) is 5.75 Å². The molecular weight excluding hydrogens is 460 g/mol. The zero-order valence-corrected chi connectivity index (χ0v) is 21.3. The zero-order valence-electron chi connectivity index (χ0n) is 21.3.